The second-order valence-corrected chi connectivity index (χ2v) is 7.35. The minimum Gasteiger partial charge on any atom is -0.452 e. The van der Waals surface area contributed by atoms with Gasteiger partial charge in [0, 0.05) is 12.6 Å². The molecule has 1 aromatic rings. The molecule has 0 aliphatic rings. The predicted molar refractivity (Wildman–Crippen MR) is 94.7 cm³/mol. The summed E-state index contributed by atoms with van der Waals surface area (Å²) in [5, 5.41) is 2.76. The maximum Gasteiger partial charge on any atom is 0.338 e. The Morgan fingerprint density at radius 2 is 1.84 bits per heavy atom. The Bertz CT molecular complexity index is 684. The third kappa shape index (κ3) is 6.83. The van der Waals surface area contributed by atoms with E-state index in [1.807, 2.05) is 20.8 Å². The van der Waals surface area contributed by atoms with Gasteiger partial charge in [0.2, 0.25) is 10.0 Å². The van der Waals surface area contributed by atoms with Gasteiger partial charge in [-0.1, -0.05) is 26.8 Å². The van der Waals surface area contributed by atoms with Crippen LogP contribution >= 0.6 is 0 Å². The zero-order valence-electron chi connectivity index (χ0n) is 14.9. The molecule has 1 rings (SSSR count). The van der Waals surface area contributed by atoms with Crippen LogP contribution in [0.1, 0.15) is 50.4 Å². The molecule has 0 bridgehead atoms. The number of carbonyl (C=O) groups excluding carboxylic acids is 2. The molecule has 25 heavy (non-hydrogen) atoms. The van der Waals surface area contributed by atoms with E-state index in [-0.39, 0.29) is 22.4 Å². The lowest BCUT2D eigenvalue weighted by atomic mass is 10.2. The molecular formula is C17H26N2O5S. The highest BCUT2D eigenvalue weighted by molar-refractivity contribution is 7.89. The lowest BCUT2D eigenvalue weighted by Crippen LogP contribution is -2.36. The summed E-state index contributed by atoms with van der Waals surface area (Å²) in [6, 6.07) is 5.58. The van der Waals surface area contributed by atoms with Crippen molar-refractivity contribution in [3.8, 4) is 0 Å². The van der Waals surface area contributed by atoms with E-state index in [1.165, 1.54) is 24.3 Å². The summed E-state index contributed by atoms with van der Waals surface area (Å²) in [6.07, 6.45) is 2.24. The van der Waals surface area contributed by atoms with E-state index in [0.29, 0.717) is 13.0 Å². The van der Waals surface area contributed by atoms with Crippen molar-refractivity contribution in [1.82, 2.24) is 10.0 Å². The van der Waals surface area contributed by atoms with Crippen LogP contribution in [0, 0.1) is 0 Å². The van der Waals surface area contributed by atoms with E-state index >= 15 is 0 Å². The zero-order valence-corrected chi connectivity index (χ0v) is 15.7. The number of rotatable bonds is 10. The maximum absolute atomic E-state index is 12.1. The molecule has 0 unspecified atom stereocenters. The van der Waals surface area contributed by atoms with Crippen LogP contribution in [-0.2, 0) is 19.6 Å². The minimum atomic E-state index is -3.67. The summed E-state index contributed by atoms with van der Waals surface area (Å²) in [6.45, 7) is 5.68. The van der Waals surface area contributed by atoms with Gasteiger partial charge in [0.05, 0.1) is 10.5 Å². The number of hydrogen-bond acceptors (Lipinski definition) is 5. The fourth-order valence-electron chi connectivity index (χ4n) is 2.09. The second kappa shape index (κ2) is 10.1. The van der Waals surface area contributed by atoms with Crippen molar-refractivity contribution < 1.29 is 22.7 Å². The molecule has 0 heterocycles. The molecule has 0 aliphatic heterocycles. The first-order valence-electron chi connectivity index (χ1n) is 8.40. The number of benzene rings is 1. The molecule has 0 spiro atoms. The molecule has 1 aromatic carbocycles. The molecule has 0 fully saturated rings. The van der Waals surface area contributed by atoms with Crippen molar-refractivity contribution in [1.29, 1.82) is 0 Å². The number of ether oxygens (including phenoxy) is 1. The number of nitrogens with one attached hydrogen (secondary N) is 2. The van der Waals surface area contributed by atoms with E-state index in [0.717, 1.165) is 12.8 Å². The SMILES string of the molecule is CCCNS(=O)(=O)c1cccc(C(=O)OCC(=O)NC(CC)CC)c1. The van der Waals surface area contributed by atoms with Gasteiger partial charge < -0.3 is 10.1 Å². The minimum absolute atomic E-state index is 0.0168. The molecule has 0 saturated heterocycles. The van der Waals surface area contributed by atoms with Crippen molar-refractivity contribution in [3.63, 3.8) is 0 Å². The van der Waals surface area contributed by atoms with Crippen molar-refractivity contribution >= 4 is 21.9 Å². The third-order valence-corrected chi connectivity index (χ3v) is 5.07. The molecular weight excluding hydrogens is 344 g/mol. The van der Waals surface area contributed by atoms with Crippen LogP contribution in [0.3, 0.4) is 0 Å². The quantitative estimate of drug-likeness (QED) is 0.612. The number of amides is 1. The standard InChI is InChI=1S/C17H26N2O5S/c1-4-10-18-25(22,23)15-9-7-8-13(11-15)17(21)24-12-16(20)19-14(5-2)6-3/h7-9,11,14,18H,4-6,10,12H2,1-3H3,(H,19,20). The van der Waals surface area contributed by atoms with Gasteiger partial charge >= 0.3 is 5.97 Å². The van der Waals surface area contributed by atoms with Crippen molar-refractivity contribution in [2.75, 3.05) is 13.2 Å². The van der Waals surface area contributed by atoms with Gasteiger partial charge in [0.1, 0.15) is 0 Å². The Balaban J connectivity index is 2.71. The van der Waals surface area contributed by atoms with Crippen LogP contribution in [0.5, 0.6) is 0 Å². The Hall–Kier alpha value is -1.93. The molecule has 0 aliphatic carbocycles. The Kier molecular flexibility index (Phi) is 8.57. The summed E-state index contributed by atoms with van der Waals surface area (Å²) in [5.74, 6) is -1.12. The molecule has 140 valence electrons. The van der Waals surface area contributed by atoms with Gasteiger partial charge in [0.25, 0.3) is 5.91 Å². The number of sulfonamides is 1. The molecule has 0 radical (unpaired) electrons. The van der Waals surface area contributed by atoms with Crippen LogP contribution < -0.4 is 10.0 Å². The smallest absolute Gasteiger partial charge is 0.338 e. The molecule has 0 saturated carbocycles. The highest BCUT2D eigenvalue weighted by atomic mass is 32.2. The van der Waals surface area contributed by atoms with Crippen LogP contribution in [-0.4, -0.2) is 39.5 Å². The third-order valence-electron chi connectivity index (χ3n) is 3.61. The first kappa shape index (κ1) is 21.1. The van der Waals surface area contributed by atoms with E-state index < -0.39 is 22.6 Å². The van der Waals surface area contributed by atoms with Gasteiger partial charge in [-0.2, -0.15) is 0 Å². The van der Waals surface area contributed by atoms with Crippen LogP contribution in [0.4, 0.5) is 0 Å². The molecule has 0 atom stereocenters. The average molecular weight is 370 g/mol. The largest absolute Gasteiger partial charge is 0.452 e. The van der Waals surface area contributed by atoms with Crippen molar-refractivity contribution in [2.24, 2.45) is 0 Å². The highest BCUT2D eigenvalue weighted by Gasteiger charge is 2.17. The fourth-order valence-corrected chi connectivity index (χ4v) is 3.27. The first-order valence-corrected chi connectivity index (χ1v) is 9.88. The maximum atomic E-state index is 12.1. The zero-order chi connectivity index (χ0) is 18.9. The Labute approximate surface area is 149 Å². The number of carbonyl (C=O) groups is 2. The van der Waals surface area contributed by atoms with Crippen LogP contribution in [0.2, 0.25) is 0 Å². The van der Waals surface area contributed by atoms with Gasteiger partial charge in [0.15, 0.2) is 6.61 Å². The summed E-state index contributed by atoms with van der Waals surface area (Å²) >= 11 is 0. The highest BCUT2D eigenvalue weighted by Crippen LogP contribution is 2.12. The van der Waals surface area contributed by atoms with Crippen LogP contribution in [0.25, 0.3) is 0 Å². The van der Waals surface area contributed by atoms with E-state index in [1.54, 1.807) is 0 Å². The predicted octanol–water partition coefficient (Wildman–Crippen LogP) is 1.84. The lowest BCUT2D eigenvalue weighted by molar-refractivity contribution is -0.125. The van der Waals surface area contributed by atoms with Crippen LogP contribution in [0.15, 0.2) is 29.2 Å². The average Bonchev–Trinajstić information content (AvgIpc) is 2.62. The second-order valence-electron chi connectivity index (χ2n) is 5.58. The monoisotopic (exact) mass is 370 g/mol. The van der Waals surface area contributed by atoms with Crippen molar-refractivity contribution in [3.05, 3.63) is 29.8 Å². The molecule has 0 aromatic heterocycles. The van der Waals surface area contributed by atoms with E-state index in [4.69, 9.17) is 4.74 Å². The lowest BCUT2D eigenvalue weighted by Gasteiger charge is -2.14. The molecule has 7 nitrogen and oxygen atoms in total. The molecule has 8 heteroatoms. The van der Waals surface area contributed by atoms with Gasteiger partial charge in [-0.15, -0.1) is 0 Å². The van der Waals surface area contributed by atoms with E-state index in [2.05, 4.69) is 10.0 Å². The summed E-state index contributed by atoms with van der Waals surface area (Å²) in [5.41, 5.74) is 0.0784. The summed E-state index contributed by atoms with van der Waals surface area (Å²) in [4.78, 5) is 23.8. The normalized spacial score (nSPS) is 11.4. The summed E-state index contributed by atoms with van der Waals surface area (Å²) in [7, 11) is -3.67. The summed E-state index contributed by atoms with van der Waals surface area (Å²) < 4.78 is 31.6. The number of hydrogen-bond donors (Lipinski definition) is 2. The molecule has 1 amide bonds. The van der Waals surface area contributed by atoms with Gasteiger partial charge in [-0.05, 0) is 37.5 Å². The fraction of sp³-hybridized carbons (Fsp3) is 0.529. The topological polar surface area (TPSA) is 102 Å². The Morgan fingerprint density at radius 1 is 1.16 bits per heavy atom. The Morgan fingerprint density at radius 3 is 2.44 bits per heavy atom. The first-order chi connectivity index (χ1) is 11.8. The number of esters is 1. The molecule has 2 N–H and O–H groups in total. The van der Waals surface area contributed by atoms with E-state index in [9.17, 15) is 18.0 Å². The van der Waals surface area contributed by atoms with Crippen molar-refractivity contribution in [2.45, 2.75) is 51.0 Å². The van der Waals surface area contributed by atoms with Gasteiger partial charge in [-0.3, -0.25) is 4.79 Å². The van der Waals surface area contributed by atoms with Gasteiger partial charge in [-0.25, -0.2) is 17.9 Å².